The molecule has 0 aromatic heterocycles. The van der Waals surface area contributed by atoms with Crippen molar-refractivity contribution in [2.24, 2.45) is 0 Å². The van der Waals surface area contributed by atoms with E-state index in [0.717, 1.165) is 11.0 Å². The van der Waals surface area contributed by atoms with E-state index in [-0.39, 0.29) is 34.4 Å². The number of halogens is 3. The quantitative estimate of drug-likeness (QED) is 0.651. The Hall–Kier alpha value is -2.79. The molecule has 0 spiro atoms. The van der Waals surface area contributed by atoms with Gasteiger partial charge in [-0.3, -0.25) is 4.79 Å². The summed E-state index contributed by atoms with van der Waals surface area (Å²) < 4.78 is 74.6. The van der Waals surface area contributed by atoms with Crippen molar-refractivity contribution in [1.82, 2.24) is 9.62 Å². The zero-order valence-corrected chi connectivity index (χ0v) is 18.2. The summed E-state index contributed by atoms with van der Waals surface area (Å²) in [5.74, 6) is -0.962. The van der Waals surface area contributed by atoms with Crippen molar-refractivity contribution in [3.8, 4) is 11.5 Å². The van der Waals surface area contributed by atoms with Crippen molar-refractivity contribution in [3.05, 3.63) is 53.6 Å². The number of rotatable bonds is 8. The summed E-state index contributed by atoms with van der Waals surface area (Å²) >= 11 is 0. The van der Waals surface area contributed by atoms with Crippen LogP contribution in [0.25, 0.3) is 0 Å². The number of carbonyl (C=O) groups is 1. The Morgan fingerprint density at radius 3 is 2.35 bits per heavy atom. The van der Waals surface area contributed by atoms with Gasteiger partial charge < -0.3 is 14.4 Å². The summed E-state index contributed by atoms with van der Waals surface area (Å²) in [6, 6.07) is 8.96. The Balaban J connectivity index is 2.33. The lowest BCUT2D eigenvalue weighted by Crippen LogP contribution is -2.31. The van der Waals surface area contributed by atoms with Crippen LogP contribution in [0.2, 0.25) is 0 Å². The fourth-order valence-electron chi connectivity index (χ4n) is 2.80. The molecule has 0 unspecified atom stereocenters. The Morgan fingerprint density at radius 2 is 1.77 bits per heavy atom. The van der Waals surface area contributed by atoms with Crippen molar-refractivity contribution in [1.29, 1.82) is 0 Å². The molecule has 0 aliphatic rings. The van der Waals surface area contributed by atoms with Crippen molar-refractivity contribution < 1.29 is 35.9 Å². The van der Waals surface area contributed by atoms with Crippen molar-refractivity contribution in [3.63, 3.8) is 0 Å². The van der Waals surface area contributed by atoms with Crippen molar-refractivity contribution in [2.75, 3.05) is 14.2 Å². The predicted molar refractivity (Wildman–Crippen MR) is 107 cm³/mol. The van der Waals surface area contributed by atoms with Crippen LogP contribution in [-0.4, -0.2) is 45.8 Å². The van der Waals surface area contributed by atoms with Crippen LogP contribution in [0.3, 0.4) is 0 Å². The molecule has 1 N–H and O–H groups in total. The van der Waals surface area contributed by atoms with Crippen LogP contribution in [0, 0.1) is 0 Å². The molecule has 31 heavy (non-hydrogen) atoms. The van der Waals surface area contributed by atoms with Gasteiger partial charge in [-0.05, 0) is 38.1 Å². The average Bonchev–Trinajstić information content (AvgIpc) is 2.66. The van der Waals surface area contributed by atoms with Crippen molar-refractivity contribution in [2.45, 2.75) is 37.7 Å². The van der Waals surface area contributed by atoms with Crippen molar-refractivity contribution >= 4 is 15.9 Å². The van der Waals surface area contributed by atoms with Crippen LogP contribution in [0.15, 0.2) is 47.4 Å². The van der Waals surface area contributed by atoms with E-state index in [1.54, 1.807) is 13.8 Å². The van der Waals surface area contributed by atoms with Crippen LogP contribution in [-0.2, 0) is 16.6 Å². The predicted octanol–water partition coefficient (Wildman–Crippen LogP) is 3.55. The molecule has 2 rings (SSSR count). The molecule has 0 fully saturated rings. The monoisotopic (exact) mass is 460 g/mol. The molecule has 0 aliphatic heterocycles. The minimum absolute atomic E-state index is 0.0293. The number of carbonyl (C=O) groups excluding carboxylic acids is 1. The topological polar surface area (TPSA) is 84.9 Å². The maximum absolute atomic E-state index is 12.9. The Morgan fingerprint density at radius 1 is 1.13 bits per heavy atom. The summed E-state index contributed by atoms with van der Waals surface area (Å²) in [6.07, 6.45) is -4.87. The first-order valence-electron chi connectivity index (χ1n) is 9.13. The molecule has 0 bridgehead atoms. The lowest BCUT2D eigenvalue weighted by Gasteiger charge is -2.21. The molecule has 0 saturated heterocycles. The highest BCUT2D eigenvalue weighted by Gasteiger charge is 2.32. The molecular weight excluding hydrogens is 437 g/mol. The molecule has 0 atom stereocenters. The summed E-state index contributed by atoms with van der Waals surface area (Å²) in [7, 11) is -1.27. The van der Waals surface area contributed by atoms with Gasteiger partial charge in [0.2, 0.25) is 10.0 Å². The average molecular weight is 460 g/mol. The fraction of sp³-hybridized carbons (Fsp3) is 0.350. The van der Waals surface area contributed by atoms with Crippen LogP contribution in [0.4, 0.5) is 13.2 Å². The normalized spacial score (nSPS) is 12.0. The smallest absolute Gasteiger partial charge is 0.495 e. The molecule has 1 amide bonds. The van der Waals surface area contributed by atoms with Crippen LogP contribution < -0.4 is 14.2 Å². The summed E-state index contributed by atoms with van der Waals surface area (Å²) in [6.45, 7) is 3.10. The number of sulfonamides is 1. The lowest BCUT2D eigenvalue weighted by molar-refractivity contribution is -0.275. The highest BCUT2D eigenvalue weighted by atomic mass is 32.2. The molecule has 11 heteroatoms. The van der Waals surface area contributed by atoms with Gasteiger partial charge in [0.15, 0.2) is 0 Å². The van der Waals surface area contributed by atoms with E-state index >= 15 is 0 Å². The summed E-state index contributed by atoms with van der Waals surface area (Å²) in [4.78, 5) is 13.8. The molecular formula is C20H23F3N2O5S. The number of para-hydroxylation sites is 1. The molecule has 2 aromatic carbocycles. The van der Waals surface area contributed by atoms with E-state index < -0.39 is 28.0 Å². The molecule has 0 heterocycles. The van der Waals surface area contributed by atoms with Gasteiger partial charge in [0.05, 0.1) is 7.11 Å². The van der Waals surface area contributed by atoms with Crippen LogP contribution in [0.5, 0.6) is 11.5 Å². The number of ether oxygens (including phenoxy) is 2. The van der Waals surface area contributed by atoms with Gasteiger partial charge in [0.1, 0.15) is 16.4 Å². The molecule has 170 valence electrons. The van der Waals surface area contributed by atoms with E-state index in [4.69, 9.17) is 4.74 Å². The third kappa shape index (κ3) is 6.59. The molecule has 0 aliphatic carbocycles. The highest BCUT2D eigenvalue weighted by molar-refractivity contribution is 7.89. The van der Waals surface area contributed by atoms with E-state index in [1.165, 1.54) is 50.6 Å². The van der Waals surface area contributed by atoms with Crippen LogP contribution in [0.1, 0.15) is 29.8 Å². The number of hydrogen-bond acceptors (Lipinski definition) is 5. The van der Waals surface area contributed by atoms with E-state index in [2.05, 4.69) is 9.46 Å². The van der Waals surface area contributed by atoms with E-state index in [0.29, 0.717) is 0 Å². The zero-order valence-electron chi connectivity index (χ0n) is 17.4. The second-order valence-corrected chi connectivity index (χ2v) is 8.64. The molecule has 0 radical (unpaired) electrons. The lowest BCUT2D eigenvalue weighted by atomic mass is 10.1. The van der Waals surface area contributed by atoms with Gasteiger partial charge in [-0.25, -0.2) is 13.1 Å². The number of nitrogens with one attached hydrogen (secondary N) is 1. The Bertz CT molecular complexity index is 1040. The highest BCUT2D eigenvalue weighted by Crippen LogP contribution is 2.28. The minimum atomic E-state index is -4.87. The number of alkyl halides is 3. The number of nitrogens with zero attached hydrogens (tertiary/aromatic N) is 1. The summed E-state index contributed by atoms with van der Waals surface area (Å²) in [5.41, 5.74) is 0.167. The first kappa shape index (κ1) is 24.5. The van der Waals surface area contributed by atoms with Gasteiger partial charge in [0.25, 0.3) is 5.91 Å². The van der Waals surface area contributed by atoms with Gasteiger partial charge in [-0.15, -0.1) is 13.2 Å². The maximum atomic E-state index is 12.9. The SMILES string of the molecule is COc1ccc(C(=O)N(C)Cc2ccccc2OC(F)(F)F)cc1S(=O)(=O)NC(C)C. The number of benzene rings is 2. The Kier molecular flexibility index (Phi) is 7.55. The largest absolute Gasteiger partial charge is 0.573 e. The molecule has 2 aromatic rings. The van der Waals surface area contributed by atoms with Gasteiger partial charge in [-0.1, -0.05) is 18.2 Å². The Labute approximate surface area is 178 Å². The fourth-order valence-corrected chi connectivity index (χ4v) is 4.25. The number of amides is 1. The minimum Gasteiger partial charge on any atom is -0.495 e. The van der Waals surface area contributed by atoms with Gasteiger partial charge in [-0.2, -0.15) is 0 Å². The van der Waals surface area contributed by atoms with E-state index in [1.807, 2.05) is 0 Å². The van der Waals surface area contributed by atoms with Gasteiger partial charge >= 0.3 is 6.36 Å². The van der Waals surface area contributed by atoms with E-state index in [9.17, 15) is 26.4 Å². The second-order valence-electron chi connectivity index (χ2n) is 6.96. The van der Waals surface area contributed by atoms with Gasteiger partial charge in [0, 0.05) is 30.8 Å². The third-order valence-electron chi connectivity index (χ3n) is 4.04. The number of methoxy groups -OCH3 is 1. The summed E-state index contributed by atoms with van der Waals surface area (Å²) in [5, 5.41) is 0. The maximum Gasteiger partial charge on any atom is 0.573 e. The zero-order chi connectivity index (χ0) is 23.4. The third-order valence-corrected chi connectivity index (χ3v) is 5.72. The first-order chi connectivity index (χ1) is 14.3. The first-order valence-corrected chi connectivity index (χ1v) is 10.6. The molecule has 0 saturated carbocycles. The second kappa shape index (κ2) is 9.56. The van der Waals surface area contributed by atoms with Crippen LogP contribution >= 0.6 is 0 Å². The number of hydrogen-bond donors (Lipinski definition) is 1. The standard InChI is InChI=1S/C20H23F3N2O5S/c1-13(2)24-31(27,28)18-11-14(9-10-17(18)29-4)19(26)25(3)12-15-7-5-6-8-16(15)30-20(21,22)23/h5-11,13,24H,12H2,1-4H3. The molecule has 7 nitrogen and oxygen atoms in total.